The Morgan fingerprint density at radius 3 is 2.62 bits per heavy atom. The predicted octanol–water partition coefficient (Wildman–Crippen LogP) is 5.32. The number of H-pyrrole nitrogens is 1. The lowest BCUT2D eigenvalue weighted by Crippen LogP contribution is -2.29. The Kier molecular flexibility index (Phi) is 6.11. The maximum atomic E-state index is 13.7. The second-order valence-corrected chi connectivity index (χ2v) is 9.02. The molecule has 1 fully saturated rings. The summed E-state index contributed by atoms with van der Waals surface area (Å²) in [5.41, 5.74) is 2.17. The highest BCUT2D eigenvalue weighted by atomic mass is 16.7. The number of Topliss-reactive ketones (excluding diaryl/α,β-unsaturated/α-hetero) is 1. The first-order valence-corrected chi connectivity index (χ1v) is 12.7. The van der Waals surface area contributed by atoms with E-state index >= 15 is 0 Å². The van der Waals surface area contributed by atoms with Crippen LogP contribution in [0.15, 0.2) is 72.4 Å². The van der Waals surface area contributed by atoms with Crippen molar-refractivity contribution in [2.75, 3.05) is 24.9 Å². The summed E-state index contributed by atoms with van der Waals surface area (Å²) < 4.78 is 22.4. The quantitative estimate of drug-likeness (QED) is 0.191. The van der Waals surface area contributed by atoms with Crippen LogP contribution in [0, 0.1) is 0 Å². The number of carbonyl (C=O) groups is 2. The van der Waals surface area contributed by atoms with Gasteiger partial charge in [0.25, 0.3) is 11.7 Å². The summed E-state index contributed by atoms with van der Waals surface area (Å²) in [6.07, 6.45) is 1.76. The summed E-state index contributed by atoms with van der Waals surface area (Å²) >= 11 is 0. The second kappa shape index (κ2) is 9.75. The number of ether oxygens (including phenoxy) is 4. The van der Waals surface area contributed by atoms with Crippen LogP contribution in [-0.2, 0) is 9.59 Å². The molecule has 198 valence electrons. The number of aliphatic hydroxyl groups is 1. The molecule has 9 nitrogen and oxygen atoms in total. The number of benzene rings is 3. The summed E-state index contributed by atoms with van der Waals surface area (Å²) in [5, 5.41) is 12.5. The van der Waals surface area contributed by atoms with Crippen LogP contribution in [0.5, 0.6) is 23.0 Å². The van der Waals surface area contributed by atoms with Crippen LogP contribution in [0.25, 0.3) is 16.7 Å². The Hall–Kier alpha value is -4.92. The van der Waals surface area contributed by atoms with Crippen molar-refractivity contribution in [3.05, 3.63) is 83.6 Å². The van der Waals surface area contributed by atoms with Crippen molar-refractivity contribution >= 4 is 34.0 Å². The van der Waals surface area contributed by atoms with Gasteiger partial charge in [0, 0.05) is 40.5 Å². The lowest BCUT2D eigenvalue weighted by molar-refractivity contribution is -0.132. The van der Waals surface area contributed by atoms with Crippen LogP contribution in [0.1, 0.15) is 31.0 Å². The third-order valence-electron chi connectivity index (χ3n) is 6.81. The van der Waals surface area contributed by atoms with Crippen LogP contribution in [0.3, 0.4) is 0 Å². The number of carbonyl (C=O) groups excluding carboxylic acids is 2. The first-order valence-electron chi connectivity index (χ1n) is 12.7. The number of nitrogens with one attached hydrogen (secondary N) is 1. The molecule has 0 aliphatic carbocycles. The highest BCUT2D eigenvalue weighted by Crippen LogP contribution is 2.47. The van der Waals surface area contributed by atoms with Gasteiger partial charge in [-0.25, -0.2) is 0 Å². The molecule has 1 aromatic heterocycles. The van der Waals surface area contributed by atoms with Crippen molar-refractivity contribution < 1.29 is 33.6 Å². The number of fused-ring (bicyclic) bond motifs is 2. The Bertz CT molecular complexity index is 1640. The Labute approximate surface area is 224 Å². The molecule has 2 aliphatic heterocycles. The van der Waals surface area contributed by atoms with Gasteiger partial charge in [0.1, 0.15) is 17.3 Å². The van der Waals surface area contributed by atoms with Crippen molar-refractivity contribution in [2.24, 2.45) is 0 Å². The Morgan fingerprint density at radius 2 is 1.79 bits per heavy atom. The fraction of sp³-hybridized carbons (Fsp3) is 0.200. The summed E-state index contributed by atoms with van der Waals surface area (Å²) in [6, 6.07) is 16.7. The van der Waals surface area contributed by atoms with Crippen LogP contribution >= 0.6 is 0 Å². The average Bonchev–Trinajstić information content (AvgIpc) is 3.65. The Balaban J connectivity index is 1.57. The van der Waals surface area contributed by atoms with Gasteiger partial charge in [-0.05, 0) is 44.2 Å². The van der Waals surface area contributed by atoms with E-state index in [1.807, 2.05) is 38.1 Å². The van der Waals surface area contributed by atoms with E-state index in [1.165, 1.54) is 4.90 Å². The molecule has 9 heteroatoms. The van der Waals surface area contributed by atoms with Crippen molar-refractivity contribution in [3.8, 4) is 23.0 Å². The molecule has 2 aliphatic rings. The van der Waals surface area contributed by atoms with E-state index in [-0.39, 0.29) is 23.7 Å². The van der Waals surface area contributed by atoms with Crippen LogP contribution in [0.2, 0.25) is 0 Å². The van der Waals surface area contributed by atoms with Crippen molar-refractivity contribution in [3.63, 3.8) is 0 Å². The third-order valence-corrected chi connectivity index (χ3v) is 6.81. The molecule has 0 radical (unpaired) electrons. The van der Waals surface area contributed by atoms with E-state index in [2.05, 4.69) is 4.98 Å². The molecule has 3 heterocycles. The minimum Gasteiger partial charge on any atom is -0.507 e. The largest absolute Gasteiger partial charge is 0.507 e. The van der Waals surface area contributed by atoms with Gasteiger partial charge in [0.05, 0.1) is 30.4 Å². The summed E-state index contributed by atoms with van der Waals surface area (Å²) in [6.45, 7) is 4.54. The van der Waals surface area contributed by atoms with E-state index in [9.17, 15) is 14.7 Å². The molecule has 3 aromatic carbocycles. The molecule has 2 N–H and O–H groups in total. The fourth-order valence-electron chi connectivity index (χ4n) is 5.12. The highest BCUT2D eigenvalue weighted by molar-refractivity contribution is 6.52. The number of para-hydroxylation sites is 1. The fourth-order valence-corrected chi connectivity index (χ4v) is 5.12. The SMILES string of the molecule is CCOc1ccc(/C(O)=C2\C(=O)C(=O)N(c3ccc4c(c3)OCO4)C2c2c[nH]c3ccccc23)c(OCC)c1. The van der Waals surface area contributed by atoms with E-state index in [4.69, 9.17) is 18.9 Å². The standard InChI is InChI=1S/C30H26N2O7/c1-3-36-18-10-11-20(24(14-18)37-4-2)28(33)26-27(21-15-31-22-8-6-5-7-19(21)22)32(30(35)29(26)34)17-9-12-23-25(13-17)39-16-38-23/h5-15,27,31,33H,3-4,16H2,1-2H3/b28-26+. The number of aromatic amines is 1. The molecule has 39 heavy (non-hydrogen) atoms. The number of amides is 1. The van der Waals surface area contributed by atoms with Crippen molar-refractivity contribution in [1.82, 2.24) is 4.98 Å². The summed E-state index contributed by atoms with van der Waals surface area (Å²) in [7, 11) is 0. The first-order chi connectivity index (χ1) is 19.0. The smallest absolute Gasteiger partial charge is 0.300 e. The normalized spacial score (nSPS) is 17.7. The van der Waals surface area contributed by atoms with Crippen molar-refractivity contribution in [2.45, 2.75) is 19.9 Å². The number of rotatable bonds is 7. The molecular weight excluding hydrogens is 500 g/mol. The average molecular weight is 527 g/mol. The summed E-state index contributed by atoms with van der Waals surface area (Å²) in [4.78, 5) is 31.9. The molecule has 6 rings (SSSR count). The molecule has 1 amide bonds. The topological polar surface area (TPSA) is 110 Å². The van der Waals surface area contributed by atoms with Crippen LogP contribution < -0.4 is 23.8 Å². The molecule has 1 saturated heterocycles. The zero-order valence-corrected chi connectivity index (χ0v) is 21.4. The van der Waals surface area contributed by atoms with Crippen molar-refractivity contribution in [1.29, 1.82) is 0 Å². The monoisotopic (exact) mass is 526 g/mol. The number of anilines is 1. The lowest BCUT2D eigenvalue weighted by Gasteiger charge is -2.25. The lowest BCUT2D eigenvalue weighted by atomic mass is 9.94. The van der Waals surface area contributed by atoms with Crippen LogP contribution in [0.4, 0.5) is 5.69 Å². The van der Waals surface area contributed by atoms with Gasteiger partial charge < -0.3 is 29.0 Å². The highest BCUT2D eigenvalue weighted by Gasteiger charge is 2.48. The maximum Gasteiger partial charge on any atom is 0.300 e. The zero-order chi connectivity index (χ0) is 27.1. The predicted molar refractivity (Wildman–Crippen MR) is 144 cm³/mol. The number of nitrogens with zero attached hydrogens (tertiary/aromatic N) is 1. The van der Waals surface area contributed by atoms with Gasteiger partial charge in [-0.15, -0.1) is 0 Å². The second-order valence-electron chi connectivity index (χ2n) is 9.02. The van der Waals surface area contributed by atoms with Gasteiger partial charge in [-0.2, -0.15) is 0 Å². The molecule has 0 saturated carbocycles. The minimum absolute atomic E-state index is 0.0486. The van der Waals surface area contributed by atoms with E-state index in [0.29, 0.717) is 47.5 Å². The van der Waals surface area contributed by atoms with Gasteiger partial charge in [-0.1, -0.05) is 18.2 Å². The van der Waals surface area contributed by atoms with E-state index in [1.54, 1.807) is 42.6 Å². The summed E-state index contributed by atoms with van der Waals surface area (Å²) in [5.74, 6) is 0.0103. The molecular formula is C30H26N2O7. The molecule has 1 atom stereocenters. The van der Waals surface area contributed by atoms with Gasteiger partial charge >= 0.3 is 0 Å². The third kappa shape index (κ3) is 4.03. The molecule has 4 aromatic rings. The first kappa shape index (κ1) is 24.4. The van der Waals surface area contributed by atoms with E-state index < -0.39 is 17.7 Å². The minimum atomic E-state index is -0.928. The number of aliphatic hydroxyl groups excluding tert-OH is 1. The number of aromatic nitrogens is 1. The van der Waals surface area contributed by atoms with Crippen LogP contribution in [-0.4, -0.2) is 41.8 Å². The van der Waals surface area contributed by atoms with Gasteiger partial charge in [0.2, 0.25) is 6.79 Å². The molecule has 0 bridgehead atoms. The molecule has 0 spiro atoms. The number of hydrogen-bond acceptors (Lipinski definition) is 7. The number of ketones is 1. The van der Waals surface area contributed by atoms with Gasteiger partial charge in [0.15, 0.2) is 11.5 Å². The van der Waals surface area contributed by atoms with Gasteiger partial charge in [-0.3, -0.25) is 14.5 Å². The maximum absolute atomic E-state index is 13.7. The van der Waals surface area contributed by atoms with E-state index in [0.717, 1.165) is 10.9 Å². The number of hydrogen-bond donors (Lipinski definition) is 2. The molecule has 1 unspecified atom stereocenters. The zero-order valence-electron chi connectivity index (χ0n) is 21.4. The Morgan fingerprint density at radius 1 is 1.00 bits per heavy atom.